The minimum atomic E-state index is -0.265. The molecule has 3 rings (SSSR count). The molecule has 2 aromatic carbocycles. The summed E-state index contributed by atoms with van der Waals surface area (Å²) < 4.78 is 12.8. The number of benzene rings is 2. The van der Waals surface area contributed by atoms with E-state index >= 15 is 0 Å². The van der Waals surface area contributed by atoms with Crippen LogP contribution in [0.15, 0.2) is 48.5 Å². The Morgan fingerprint density at radius 2 is 1.76 bits per heavy atom. The molecule has 0 radical (unpaired) electrons. The molecule has 0 aromatic heterocycles. The van der Waals surface area contributed by atoms with E-state index < -0.39 is 0 Å². The molecule has 0 saturated carbocycles. The summed E-state index contributed by atoms with van der Waals surface area (Å²) in [4.78, 5) is 14.3. The number of halogens is 1. The third kappa shape index (κ3) is 3.56. The third-order valence-corrected chi connectivity index (χ3v) is 3.92. The summed E-state index contributed by atoms with van der Waals surface area (Å²) in [6.45, 7) is 2.23. The van der Waals surface area contributed by atoms with E-state index in [2.05, 4.69) is 23.1 Å². The number of ketones is 1. The quantitative estimate of drug-likeness (QED) is 0.859. The number of carbonyl (C=O) groups excluding carboxylic acids is 1. The number of fused-ring (bicyclic) bond motifs is 1. The van der Waals surface area contributed by atoms with Gasteiger partial charge in [-0.15, -0.1) is 0 Å². The fraction of sp³-hybridized carbons (Fsp3) is 0.278. The van der Waals surface area contributed by atoms with Gasteiger partial charge >= 0.3 is 0 Å². The highest BCUT2D eigenvalue weighted by Crippen LogP contribution is 2.18. The number of hydrogen-bond acceptors (Lipinski definition) is 2. The maximum absolute atomic E-state index is 12.8. The van der Waals surface area contributed by atoms with Gasteiger partial charge in [0.1, 0.15) is 5.82 Å². The van der Waals surface area contributed by atoms with Crippen LogP contribution in [0.5, 0.6) is 0 Å². The predicted molar refractivity (Wildman–Crippen MR) is 80.5 cm³/mol. The molecule has 2 nitrogen and oxygen atoms in total. The minimum absolute atomic E-state index is 0.181. The topological polar surface area (TPSA) is 20.3 Å². The molecular weight excluding hydrogens is 265 g/mol. The van der Waals surface area contributed by atoms with Crippen LogP contribution in [0.1, 0.15) is 16.7 Å². The van der Waals surface area contributed by atoms with Gasteiger partial charge in [0.25, 0.3) is 0 Å². The van der Waals surface area contributed by atoms with Gasteiger partial charge in [0.15, 0.2) is 5.78 Å². The van der Waals surface area contributed by atoms with E-state index in [0.29, 0.717) is 13.0 Å². The Morgan fingerprint density at radius 3 is 2.52 bits per heavy atom. The number of rotatable bonds is 4. The zero-order valence-electron chi connectivity index (χ0n) is 11.9. The fourth-order valence-corrected chi connectivity index (χ4v) is 2.82. The highest BCUT2D eigenvalue weighted by Gasteiger charge is 2.18. The van der Waals surface area contributed by atoms with Crippen molar-refractivity contribution in [1.29, 1.82) is 0 Å². The van der Waals surface area contributed by atoms with Crippen LogP contribution in [-0.2, 0) is 24.2 Å². The molecular formula is C18H18FNO. The smallest absolute Gasteiger partial charge is 0.151 e. The lowest BCUT2D eigenvalue weighted by Gasteiger charge is -2.28. The maximum atomic E-state index is 12.8. The zero-order valence-corrected chi connectivity index (χ0v) is 11.9. The Bertz CT molecular complexity index is 636. The molecule has 21 heavy (non-hydrogen) atoms. The summed E-state index contributed by atoms with van der Waals surface area (Å²) in [7, 11) is 0. The monoisotopic (exact) mass is 283 g/mol. The summed E-state index contributed by atoms with van der Waals surface area (Å²) in [6.07, 6.45) is 1.37. The fourth-order valence-electron chi connectivity index (χ4n) is 2.82. The van der Waals surface area contributed by atoms with Crippen molar-refractivity contribution in [2.75, 3.05) is 13.1 Å². The Morgan fingerprint density at radius 1 is 1.05 bits per heavy atom. The van der Waals surface area contributed by atoms with Crippen LogP contribution >= 0.6 is 0 Å². The van der Waals surface area contributed by atoms with Crippen molar-refractivity contribution in [1.82, 2.24) is 4.90 Å². The van der Waals surface area contributed by atoms with Gasteiger partial charge in [0, 0.05) is 19.5 Å². The van der Waals surface area contributed by atoms with Gasteiger partial charge in [-0.1, -0.05) is 36.4 Å². The van der Waals surface area contributed by atoms with Crippen LogP contribution in [0.2, 0.25) is 0 Å². The molecule has 0 atom stereocenters. The third-order valence-electron chi connectivity index (χ3n) is 3.92. The molecule has 108 valence electrons. The van der Waals surface area contributed by atoms with Gasteiger partial charge in [-0.25, -0.2) is 4.39 Å². The van der Waals surface area contributed by atoms with E-state index in [1.54, 1.807) is 12.1 Å². The SMILES string of the molecule is O=C(Cc1ccc(F)cc1)CN1CCc2ccccc2C1. The van der Waals surface area contributed by atoms with E-state index in [9.17, 15) is 9.18 Å². The van der Waals surface area contributed by atoms with Crippen molar-refractivity contribution >= 4 is 5.78 Å². The zero-order chi connectivity index (χ0) is 14.7. The number of nitrogens with zero attached hydrogens (tertiary/aromatic N) is 1. The molecule has 1 heterocycles. The molecule has 1 aliphatic heterocycles. The molecule has 0 fully saturated rings. The average molecular weight is 283 g/mol. The predicted octanol–water partition coefficient (Wildman–Crippen LogP) is 3.00. The lowest BCUT2D eigenvalue weighted by atomic mass is 9.99. The number of hydrogen-bond donors (Lipinski definition) is 0. The lowest BCUT2D eigenvalue weighted by Crippen LogP contribution is -2.35. The highest BCUT2D eigenvalue weighted by molar-refractivity contribution is 5.82. The van der Waals surface area contributed by atoms with Crippen molar-refractivity contribution in [2.24, 2.45) is 0 Å². The van der Waals surface area contributed by atoms with Gasteiger partial charge in [0.2, 0.25) is 0 Å². The van der Waals surface area contributed by atoms with Gasteiger partial charge in [-0.05, 0) is 35.2 Å². The van der Waals surface area contributed by atoms with Crippen LogP contribution in [0.4, 0.5) is 4.39 Å². The molecule has 0 amide bonds. The van der Waals surface area contributed by atoms with Crippen LogP contribution in [0, 0.1) is 5.82 Å². The molecule has 0 unspecified atom stereocenters. The number of carbonyl (C=O) groups is 1. The first kappa shape index (κ1) is 14.0. The van der Waals surface area contributed by atoms with Crippen LogP contribution in [-0.4, -0.2) is 23.8 Å². The minimum Gasteiger partial charge on any atom is -0.298 e. The van der Waals surface area contributed by atoms with E-state index in [-0.39, 0.29) is 11.6 Å². The van der Waals surface area contributed by atoms with Crippen LogP contribution in [0.25, 0.3) is 0 Å². The Labute approximate surface area is 124 Å². The standard InChI is InChI=1S/C18H18FNO/c19-17-7-5-14(6-8-17)11-18(21)13-20-10-9-15-3-1-2-4-16(15)12-20/h1-8H,9-13H2. The summed E-state index contributed by atoms with van der Waals surface area (Å²) in [5.41, 5.74) is 3.58. The van der Waals surface area contributed by atoms with Crippen molar-refractivity contribution in [3.63, 3.8) is 0 Å². The molecule has 0 N–H and O–H groups in total. The molecule has 2 aromatic rings. The summed E-state index contributed by atoms with van der Waals surface area (Å²) >= 11 is 0. The maximum Gasteiger partial charge on any atom is 0.151 e. The largest absolute Gasteiger partial charge is 0.298 e. The molecule has 0 spiro atoms. The molecule has 0 aliphatic carbocycles. The summed E-state index contributed by atoms with van der Waals surface area (Å²) in [5, 5.41) is 0. The Balaban J connectivity index is 1.57. The second-order valence-electron chi connectivity index (χ2n) is 5.57. The van der Waals surface area contributed by atoms with Crippen molar-refractivity contribution in [3.8, 4) is 0 Å². The second kappa shape index (κ2) is 6.19. The second-order valence-corrected chi connectivity index (χ2v) is 5.57. The van der Waals surface area contributed by atoms with Crippen molar-refractivity contribution in [3.05, 3.63) is 71.0 Å². The van der Waals surface area contributed by atoms with E-state index in [1.165, 1.54) is 23.3 Å². The number of Topliss-reactive ketones (excluding diaryl/α,β-unsaturated/α-hetero) is 1. The van der Waals surface area contributed by atoms with Crippen molar-refractivity contribution < 1.29 is 9.18 Å². The first-order chi connectivity index (χ1) is 10.2. The van der Waals surface area contributed by atoms with Crippen molar-refractivity contribution in [2.45, 2.75) is 19.4 Å². The molecule has 0 bridgehead atoms. The van der Waals surface area contributed by atoms with E-state index in [4.69, 9.17) is 0 Å². The first-order valence-electron chi connectivity index (χ1n) is 7.26. The molecule has 3 heteroatoms. The summed E-state index contributed by atoms with van der Waals surface area (Å²) in [5.74, 6) is -0.0835. The summed E-state index contributed by atoms with van der Waals surface area (Å²) in [6, 6.07) is 14.6. The Hall–Kier alpha value is -2.00. The Kier molecular flexibility index (Phi) is 4.11. The van der Waals surface area contributed by atoms with Gasteiger partial charge in [-0.3, -0.25) is 9.69 Å². The van der Waals surface area contributed by atoms with Crippen LogP contribution in [0.3, 0.4) is 0 Å². The van der Waals surface area contributed by atoms with E-state index in [1.807, 2.05) is 6.07 Å². The molecule has 0 saturated heterocycles. The average Bonchev–Trinajstić information content (AvgIpc) is 2.49. The van der Waals surface area contributed by atoms with Crippen LogP contribution < -0.4 is 0 Å². The first-order valence-corrected chi connectivity index (χ1v) is 7.26. The van der Waals surface area contributed by atoms with Gasteiger partial charge < -0.3 is 0 Å². The normalized spacial score (nSPS) is 14.7. The van der Waals surface area contributed by atoms with E-state index in [0.717, 1.165) is 25.1 Å². The molecule has 1 aliphatic rings. The van der Waals surface area contributed by atoms with Gasteiger partial charge in [-0.2, -0.15) is 0 Å². The lowest BCUT2D eigenvalue weighted by molar-refractivity contribution is -0.119. The highest BCUT2D eigenvalue weighted by atomic mass is 19.1. The van der Waals surface area contributed by atoms with Gasteiger partial charge in [0.05, 0.1) is 6.54 Å².